The number of nitrogens with one attached hydrogen (secondary N) is 1. The average molecular weight is 389 g/mol. The van der Waals surface area contributed by atoms with E-state index in [1.54, 1.807) is 42.3 Å². The number of amides is 2. The molecular formula is C19H18ClFN4O2. The summed E-state index contributed by atoms with van der Waals surface area (Å²) in [6, 6.07) is 12.5. The lowest BCUT2D eigenvalue weighted by atomic mass is 10.2. The predicted octanol–water partition coefficient (Wildman–Crippen LogP) is 4.46. The molecule has 0 fully saturated rings. The van der Waals surface area contributed by atoms with Crippen LogP contribution in [0.25, 0.3) is 0 Å². The molecule has 0 saturated carbocycles. The molecule has 0 aliphatic carbocycles. The number of methoxy groups -OCH3 is 1. The number of hydrogen-bond donors (Lipinski definition) is 1. The third-order valence-corrected chi connectivity index (χ3v) is 4.18. The Kier molecular flexibility index (Phi) is 5.61. The lowest BCUT2D eigenvalue weighted by Crippen LogP contribution is -2.34. The number of benzene rings is 2. The van der Waals surface area contributed by atoms with Gasteiger partial charge in [-0.3, -0.25) is 9.58 Å². The highest BCUT2D eigenvalue weighted by atomic mass is 35.5. The van der Waals surface area contributed by atoms with Gasteiger partial charge in [0.1, 0.15) is 11.6 Å². The maximum Gasteiger partial charge on any atom is 0.326 e. The SMILES string of the molecule is COc1ccc(N(Cc2ccn(C)n2)C(=O)Nc2ccc(F)c(Cl)c2)cc1. The molecule has 1 heterocycles. The van der Waals surface area contributed by atoms with Gasteiger partial charge < -0.3 is 10.1 Å². The average Bonchev–Trinajstić information content (AvgIpc) is 3.08. The number of carbonyl (C=O) groups is 1. The summed E-state index contributed by atoms with van der Waals surface area (Å²) in [6.45, 7) is 0.258. The summed E-state index contributed by atoms with van der Waals surface area (Å²) in [4.78, 5) is 14.4. The first kappa shape index (κ1) is 18.7. The van der Waals surface area contributed by atoms with Gasteiger partial charge in [-0.05, 0) is 48.5 Å². The van der Waals surface area contributed by atoms with Gasteiger partial charge in [-0.1, -0.05) is 11.6 Å². The molecule has 0 aliphatic rings. The van der Waals surface area contributed by atoms with Gasteiger partial charge in [-0.25, -0.2) is 9.18 Å². The van der Waals surface area contributed by atoms with Gasteiger partial charge in [0.2, 0.25) is 0 Å². The Labute approximate surface area is 161 Å². The molecule has 2 amide bonds. The van der Waals surface area contributed by atoms with E-state index in [0.717, 1.165) is 5.69 Å². The van der Waals surface area contributed by atoms with Crippen molar-refractivity contribution in [2.45, 2.75) is 6.54 Å². The molecule has 1 aromatic heterocycles. The third kappa shape index (κ3) is 4.57. The Morgan fingerprint density at radius 2 is 2.00 bits per heavy atom. The zero-order valence-corrected chi connectivity index (χ0v) is 15.6. The van der Waals surface area contributed by atoms with E-state index in [4.69, 9.17) is 16.3 Å². The molecule has 0 bridgehead atoms. The first-order valence-electron chi connectivity index (χ1n) is 8.12. The number of anilines is 2. The molecule has 27 heavy (non-hydrogen) atoms. The number of rotatable bonds is 5. The number of nitrogens with zero attached hydrogens (tertiary/aromatic N) is 3. The van der Waals surface area contributed by atoms with E-state index in [2.05, 4.69) is 10.4 Å². The molecule has 140 valence electrons. The van der Waals surface area contributed by atoms with Gasteiger partial charge >= 0.3 is 6.03 Å². The number of aryl methyl sites for hydroxylation is 1. The minimum atomic E-state index is -0.546. The molecule has 8 heteroatoms. The van der Waals surface area contributed by atoms with Crippen LogP contribution in [0.3, 0.4) is 0 Å². The van der Waals surface area contributed by atoms with Crippen molar-refractivity contribution < 1.29 is 13.9 Å². The van der Waals surface area contributed by atoms with Crippen LogP contribution in [0.4, 0.5) is 20.6 Å². The van der Waals surface area contributed by atoms with Crippen molar-refractivity contribution >= 4 is 29.0 Å². The Morgan fingerprint density at radius 3 is 2.59 bits per heavy atom. The fourth-order valence-corrected chi connectivity index (χ4v) is 2.70. The van der Waals surface area contributed by atoms with E-state index in [0.29, 0.717) is 17.1 Å². The Morgan fingerprint density at radius 1 is 1.26 bits per heavy atom. The second-order valence-electron chi connectivity index (χ2n) is 5.82. The lowest BCUT2D eigenvalue weighted by molar-refractivity contribution is 0.256. The van der Waals surface area contributed by atoms with Gasteiger partial charge in [-0.2, -0.15) is 5.10 Å². The van der Waals surface area contributed by atoms with Crippen LogP contribution >= 0.6 is 11.6 Å². The maximum atomic E-state index is 13.3. The topological polar surface area (TPSA) is 59.4 Å². The van der Waals surface area contributed by atoms with Crippen LogP contribution in [-0.4, -0.2) is 22.9 Å². The molecule has 0 radical (unpaired) electrons. The number of aromatic nitrogens is 2. The van der Waals surface area contributed by atoms with Crippen molar-refractivity contribution in [3.05, 3.63) is 71.3 Å². The van der Waals surface area contributed by atoms with Crippen molar-refractivity contribution in [1.29, 1.82) is 0 Å². The van der Waals surface area contributed by atoms with Crippen molar-refractivity contribution in [1.82, 2.24) is 9.78 Å². The molecule has 1 N–H and O–H groups in total. The highest BCUT2D eigenvalue weighted by Gasteiger charge is 2.18. The van der Waals surface area contributed by atoms with E-state index in [9.17, 15) is 9.18 Å². The van der Waals surface area contributed by atoms with Crippen molar-refractivity contribution in [3.63, 3.8) is 0 Å². The van der Waals surface area contributed by atoms with Gasteiger partial charge in [0.25, 0.3) is 0 Å². The monoisotopic (exact) mass is 388 g/mol. The van der Waals surface area contributed by atoms with Crippen LogP contribution in [0.5, 0.6) is 5.75 Å². The molecule has 0 atom stereocenters. The standard InChI is InChI=1S/C19H18ClFN4O2/c1-24-10-9-14(23-24)12-25(15-4-6-16(27-2)7-5-15)19(26)22-13-3-8-18(21)17(20)11-13/h3-11H,12H2,1-2H3,(H,22,26). The van der Waals surface area contributed by atoms with E-state index < -0.39 is 11.8 Å². The molecule has 0 saturated heterocycles. The van der Waals surface area contributed by atoms with Crippen LogP contribution < -0.4 is 15.0 Å². The lowest BCUT2D eigenvalue weighted by Gasteiger charge is -2.23. The molecule has 6 nitrogen and oxygen atoms in total. The number of urea groups is 1. The fourth-order valence-electron chi connectivity index (χ4n) is 2.52. The second-order valence-corrected chi connectivity index (χ2v) is 6.23. The summed E-state index contributed by atoms with van der Waals surface area (Å²) in [5.41, 5.74) is 1.78. The van der Waals surface area contributed by atoms with Crippen molar-refractivity contribution in [3.8, 4) is 5.75 Å². The molecule has 3 rings (SSSR count). The van der Waals surface area contributed by atoms with E-state index in [1.165, 1.54) is 23.1 Å². The van der Waals surface area contributed by atoms with Gasteiger partial charge in [0.15, 0.2) is 0 Å². The molecule has 0 unspecified atom stereocenters. The molecule has 3 aromatic rings. The normalized spacial score (nSPS) is 10.5. The Bertz CT molecular complexity index is 943. The number of halogens is 2. The zero-order valence-electron chi connectivity index (χ0n) is 14.8. The van der Waals surface area contributed by atoms with Crippen LogP contribution in [0.15, 0.2) is 54.7 Å². The summed E-state index contributed by atoms with van der Waals surface area (Å²) in [7, 11) is 3.38. The highest BCUT2D eigenvalue weighted by molar-refractivity contribution is 6.31. The Hall–Kier alpha value is -3.06. The number of carbonyl (C=O) groups excluding carboxylic acids is 1. The molecular weight excluding hydrogens is 371 g/mol. The van der Waals surface area contributed by atoms with Crippen LogP contribution in [0, 0.1) is 5.82 Å². The summed E-state index contributed by atoms with van der Waals surface area (Å²) in [5.74, 6) is 0.137. The largest absolute Gasteiger partial charge is 0.497 e. The van der Waals surface area contributed by atoms with Gasteiger partial charge in [0, 0.05) is 24.6 Å². The second kappa shape index (κ2) is 8.09. The van der Waals surface area contributed by atoms with Crippen LogP contribution in [0.1, 0.15) is 5.69 Å². The van der Waals surface area contributed by atoms with Gasteiger partial charge in [-0.15, -0.1) is 0 Å². The fraction of sp³-hybridized carbons (Fsp3) is 0.158. The minimum Gasteiger partial charge on any atom is -0.497 e. The van der Waals surface area contributed by atoms with Crippen LogP contribution in [0.2, 0.25) is 5.02 Å². The first-order valence-corrected chi connectivity index (χ1v) is 8.50. The van der Waals surface area contributed by atoms with Crippen LogP contribution in [-0.2, 0) is 13.6 Å². The van der Waals surface area contributed by atoms with Crippen molar-refractivity contribution in [2.75, 3.05) is 17.3 Å². The smallest absolute Gasteiger partial charge is 0.326 e. The number of ether oxygens (including phenoxy) is 1. The highest BCUT2D eigenvalue weighted by Crippen LogP contribution is 2.24. The molecule has 0 spiro atoms. The van der Waals surface area contributed by atoms with E-state index >= 15 is 0 Å². The summed E-state index contributed by atoms with van der Waals surface area (Å²) in [6.07, 6.45) is 1.80. The molecule has 2 aromatic carbocycles. The Balaban J connectivity index is 1.86. The maximum absolute atomic E-state index is 13.3. The zero-order chi connectivity index (χ0) is 19.4. The summed E-state index contributed by atoms with van der Waals surface area (Å²) < 4.78 is 20.2. The summed E-state index contributed by atoms with van der Waals surface area (Å²) in [5, 5.41) is 7.00. The first-order chi connectivity index (χ1) is 13.0. The van der Waals surface area contributed by atoms with Crippen molar-refractivity contribution in [2.24, 2.45) is 7.05 Å². The van der Waals surface area contributed by atoms with E-state index in [1.807, 2.05) is 13.1 Å². The third-order valence-electron chi connectivity index (χ3n) is 3.89. The predicted molar refractivity (Wildman–Crippen MR) is 103 cm³/mol. The van der Waals surface area contributed by atoms with E-state index in [-0.39, 0.29) is 11.6 Å². The minimum absolute atomic E-state index is 0.0616. The molecule has 0 aliphatic heterocycles. The summed E-state index contributed by atoms with van der Waals surface area (Å²) >= 11 is 5.79. The number of hydrogen-bond acceptors (Lipinski definition) is 3. The van der Waals surface area contributed by atoms with Gasteiger partial charge in [0.05, 0.1) is 24.4 Å². The quantitative estimate of drug-likeness (QED) is 0.702.